The number of hydrogen-bond donors (Lipinski definition) is 0. The molecule has 0 radical (unpaired) electrons. The summed E-state index contributed by atoms with van der Waals surface area (Å²) in [6, 6.07) is 4.86. The van der Waals surface area contributed by atoms with Gasteiger partial charge in [0.1, 0.15) is 22.3 Å². The van der Waals surface area contributed by atoms with E-state index in [1.807, 2.05) is 20.8 Å². The van der Waals surface area contributed by atoms with E-state index < -0.39 is 22.1 Å². The van der Waals surface area contributed by atoms with Crippen LogP contribution in [0.2, 0.25) is 5.02 Å². The van der Waals surface area contributed by atoms with Gasteiger partial charge in [0.05, 0.1) is 23.9 Å². The maximum absolute atomic E-state index is 12.1. The van der Waals surface area contributed by atoms with Crippen LogP contribution in [-0.4, -0.2) is 33.8 Å². The highest BCUT2D eigenvalue weighted by molar-refractivity contribution is 7.91. The zero-order valence-corrected chi connectivity index (χ0v) is 16.2. The summed E-state index contributed by atoms with van der Waals surface area (Å²) in [6.07, 6.45) is 1.37. The third kappa shape index (κ3) is 4.42. The van der Waals surface area contributed by atoms with E-state index in [9.17, 15) is 9.35 Å². The van der Waals surface area contributed by atoms with Crippen LogP contribution in [0.25, 0.3) is 11.1 Å². The Bertz CT molecular complexity index is 811. The topological polar surface area (TPSA) is 87.8 Å². The quantitative estimate of drug-likeness (QED) is 0.453. The van der Waals surface area contributed by atoms with E-state index in [2.05, 4.69) is 9.55 Å². The summed E-state index contributed by atoms with van der Waals surface area (Å²) in [5.41, 5.74) is 1.98. The van der Waals surface area contributed by atoms with Crippen molar-refractivity contribution in [2.24, 2.45) is 4.40 Å². The molecule has 8 heteroatoms. The summed E-state index contributed by atoms with van der Waals surface area (Å²) in [7, 11) is 1.29. The summed E-state index contributed by atoms with van der Waals surface area (Å²) in [4.78, 5) is 12.1. The summed E-state index contributed by atoms with van der Waals surface area (Å²) in [5.74, 6) is -0.221. The highest BCUT2D eigenvalue weighted by atomic mass is 35.5. The van der Waals surface area contributed by atoms with Gasteiger partial charge in [-0.25, -0.2) is 4.79 Å². The van der Waals surface area contributed by atoms with Gasteiger partial charge in [-0.05, 0) is 39.8 Å². The van der Waals surface area contributed by atoms with Crippen LogP contribution in [0.4, 0.5) is 0 Å². The van der Waals surface area contributed by atoms with Crippen molar-refractivity contribution in [1.82, 2.24) is 5.16 Å². The average Bonchev–Trinajstić information content (AvgIpc) is 2.91. The molecule has 0 bridgehead atoms. The first-order chi connectivity index (χ1) is 11.6. The minimum Gasteiger partial charge on any atom is -0.591 e. The molecule has 0 N–H and O–H groups in total. The van der Waals surface area contributed by atoms with Crippen molar-refractivity contribution in [3.05, 3.63) is 40.2 Å². The van der Waals surface area contributed by atoms with Crippen LogP contribution in [0.5, 0.6) is 0 Å². The predicted molar refractivity (Wildman–Crippen MR) is 98.5 cm³/mol. The van der Waals surface area contributed by atoms with Gasteiger partial charge < -0.3 is 13.8 Å². The minimum absolute atomic E-state index is 0.285. The lowest BCUT2D eigenvalue weighted by Gasteiger charge is -2.17. The van der Waals surface area contributed by atoms with E-state index >= 15 is 0 Å². The summed E-state index contributed by atoms with van der Waals surface area (Å²) < 4.78 is 25.8. The van der Waals surface area contributed by atoms with E-state index in [-0.39, 0.29) is 5.56 Å². The van der Waals surface area contributed by atoms with Crippen LogP contribution in [0.1, 0.15) is 42.6 Å². The first-order valence-electron chi connectivity index (χ1n) is 7.45. The third-order valence-corrected chi connectivity index (χ3v) is 4.91. The van der Waals surface area contributed by atoms with Crippen molar-refractivity contribution in [1.29, 1.82) is 0 Å². The van der Waals surface area contributed by atoms with E-state index in [0.29, 0.717) is 27.6 Å². The fraction of sp³-hybridized carbons (Fsp3) is 0.353. The van der Waals surface area contributed by atoms with Gasteiger partial charge in [-0.1, -0.05) is 27.2 Å². The van der Waals surface area contributed by atoms with Gasteiger partial charge in [-0.2, -0.15) is 0 Å². The molecule has 1 atom stereocenters. The third-order valence-electron chi connectivity index (χ3n) is 3.33. The van der Waals surface area contributed by atoms with Crippen molar-refractivity contribution in [3.63, 3.8) is 0 Å². The average molecular weight is 383 g/mol. The number of hydrogen-bond acceptors (Lipinski definition) is 6. The normalized spacial score (nSPS) is 13.2. The number of benzene rings is 1. The van der Waals surface area contributed by atoms with Crippen LogP contribution >= 0.6 is 11.6 Å². The molecule has 0 fully saturated rings. The standard InChI is InChI=1S/C17H19ClN2O4S/c1-10-15(12-7-6-11(18)8-13(12)16(21)23-5)14(24-20-10)9-19-25(22)17(2,3)4/h6-9H,1-5H3. The zero-order valence-electron chi connectivity index (χ0n) is 14.6. The number of nitrogens with zero attached hydrogens (tertiary/aromatic N) is 2. The molecule has 1 heterocycles. The maximum atomic E-state index is 12.1. The first kappa shape index (κ1) is 19.5. The summed E-state index contributed by atoms with van der Waals surface area (Å²) in [5, 5.41) is 4.34. The lowest BCUT2D eigenvalue weighted by atomic mass is 9.98. The lowest BCUT2D eigenvalue weighted by molar-refractivity contribution is 0.0601. The summed E-state index contributed by atoms with van der Waals surface area (Å²) >= 11 is 4.55. The monoisotopic (exact) mass is 382 g/mol. The number of carbonyl (C=O) groups is 1. The SMILES string of the molecule is COC(=O)c1cc(Cl)ccc1-c1c(C)noc1C=N[S+]([O-])C(C)(C)C. The van der Waals surface area contributed by atoms with Gasteiger partial charge in [-0.3, -0.25) is 0 Å². The lowest BCUT2D eigenvalue weighted by Crippen LogP contribution is -2.25. The molecule has 0 spiro atoms. The molecule has 2 rings (SSSR count). The Morgan fingerprint density at radius 3 is 2.72 bits per heavy atom. The molecule has 0 aliphatic carbocycles. The fourth-order valence-electron chi connectivity index (χ4n) is 2.07. The van der Waals surface area contributed by atoms with Crippen LogP contribution < -0.4 is 0 Å². The zero-order chi connectivity index (χ0) is 18.8. The van der Waals surface area contributed by atoms with Gasteiger partial charge >= 0.3 is 5.97 Å². The number of carbonyl (C=O) groups excluding carboxylic acids is 1. The Labute approximate surface area is 154 Å². The second-order valence-electron chi connectivity index (χ2n) is 6.28. The number of halogens is 1. The molecular weight excluding hydrogens is 364 g/mol. The Hall–Kier alpha value is -1.83. The molecular formula is C17H19ClN2O4S. The Balaban J connectivity index is 2.54. The van der Waals surface area contributed by atoms with Crippen molar-refractivity contribution in [3.8, 4) is 11.1 Å². The molecule has 0 aliphatic rings. The van der Waals surface area contributed by atoms with Gasteiger partial charge in [0.2, 0.25) is 0 Å². The molecule has 2 aromatic rings. The van der Waals surface area contributed by atoms with Crippen LogP contribution in [0.3, 0.4) is 0 Å². The first-order valence-corrected chi connectivity index (χ1v) is 8.94. The maximum Gasteiger partial charge on any atom is 0.338 e. The number of esters is 1. The van der Waals surface area contributed by atoms with Gasteiger partial charge in [0, 0.05) is 10.6 Å². The second-order valence-corrected chi connectivity index (χ2v) is 8.66. The fourth-order valence-corrected chi connectivity index (χ4v) is 2.75. The van der Waals surface area contributed by atoms with Crippen LogP contribution in [-0.2, 0) is 16.1 Å². The second kappa shape index (κ2) is 7.59. The number of methoxy groups -OCH3 is 1. The van der Waals surface area contributed by atoms with E-state index in [1.165, 1.54) is 19.4 Å². The minimum atomic E-state index is -1.44. The molecule has 1 aromatic carbocycles. The van der Waals surface area contributed by atoms with Gasteiger partial charge in [0.15, 0.2) is 5.76 Å². The number of aromatic nitrogens is 1. The Morgan fingerprint density at radius 1 is 1.44 bits per heavy atom. The smallest absolute Gasteiger partial charge is 0.338 e. The van der Waals surface area contributed by atoms with Gasteiger partial charge in [0.25, 0.3) is 0 Å². The van der Waals surface area contributed by atoms with Crippen molar-refractivity contribution < 1.29 is 18.6 Å². The predicted octanol–water partition coefficient (Wildman–Crippen LogP) is 3.97. The number of ether oxygens (including phenoxy) is 1. The van der Waals surface area contributed by atoms with Crippen molar-refractivity contribution >= 4 is 35.1 Å². The largest absolute Gasteiger partial charge is 0.591 e. The number of aryl methyl sites for hydroxylation is 1. The Morgan fingerprint density at radius 2 is 2.12 bits per heavy atom. The molecule has 0 amide bonds. The van der Waals surface area contributed by atoms with Gasteiger partial charge in [-0.15, -0.1) is 0 Å². The van der Waals surface area contributed by atoms with E-state index in [0.717, 1.165) is 0 Å². The molecule has 1 aromatic heterocycles. The molecule has 0 saturated carbocycles. The van der Waals surface area contributed by atoms with Crippen molar-refractivity contribution in [2.45, 2.75) is 32.4 Å². The highest BCUT2D eigenvalue weighted by Gasteiger charge is 2.27. The van der Waals surface area contributed by atoms with Crippen LogP contribution in [0.15, 0.2) is 27.1 Å². The molecule has 134 valence electrons. The van der Waals surface area contributed by atoms with Crippen LogP contribution in [0, 0.1) is 6.92 Å². The molecule has 1 unspecified atom stereocenters. The van der Waals surface area contributed by atoms with E-state index in [4.69, 9.17) is 20.9 Å². The highest BCUT2D eigenvalue weighted by Crippen LogP contribution is 2.32. The molecule has 25 heavy (non-hydrogen) atoms. The van der Waals surface area contributed by atoms with E-state index in [1.54, 1.807) is 19.1 Å². The Kier molecular flexibility index (Phi) is 5.92. The molecule has 6 nitrogen and oxygen atoms in total. The van der Waals surface area contributed by atoms with Crippen molar-refractivity contribution in [2.75, 3.05) is 7.11 Å². The molecule has 0 aliphatic heterocycles. The molecule has 0 saturated heterocycles. The number of rotatable bonds is 4. The summed E-state index contributed by atoms with van der Waals surface area (Å²) in [6.45, 7) is 7.21.